The first-order chi connectivity index (χ1) is 9.51. The lowest BCUT2D eigenvalue weighted by molar-refractivity contribution is 0.580. The summed E-state index contributed by atoms with van der Waals surface area (Å²) in [5.74, 6) is 5.83. The highest BCUT2D eigenvalue weighted by Crippen LogP contribution is 2.13. The van der Waals surface area contributed by atoms with E-state index in [1.807, 2.05) is 0 Å². The van der Waals surface area contributed by atoms with E-state index < -0.39 is 10.0 Å². The molecule has 106 valence electrons. The smallest absolute Gasteiger partial charge is 0.240 e. The van der Waals surface area contributed by atoms with Crippen molar-refractivity contribution in [2.75, 3.05) is 5.43 Å². The van der Waals surface area contributed by atoms with E-state index in [1.54, 1.807) is 31.3 Å². The summed E-state index contributed by atoms with van der Waals surface area (Å²) < 4.78 is 26.7. The van der Waals surface area contributed by atoms with Crippen LogP contribution in [0.2, 0.25) is 0 Å². The summed E-state index contributed by atoms with van der Waals surface area (Å²) in [5.41, 5.74) is 3.68. The molecule has 0 atom stereocenters. The second-order valence-corrected chi connectivity index (χ2v) is 5.86. The van der Waals surface area contributed by atoms with E-state index in [9.17, 15) is 8.42 Å². The molecular formula is C12H15N5O2S. The first-order valence-corrected chi connectivity index (χ1v) is 7.34. The minimum atomic E-state index is -3.58. The number of aryl methyl sites for hydroxylation is 1. The number of sulfonamides is 1. The van der Waals surface area contributed by atoms with Crippen molar-refractivity contribution in [2.24, 2.45) is 5.84 Å². The number of anilines is 1. The lowest BCUT2D eigenvalue weighted by Crippen LogP contribution is -2.24. The van der Waals surface area contributed by atoms with Crippen LogP contribution < -0.4 is 16.0 Å². The first-order valence-electron chi connectivity index (χ1n) is 5.86. The van der Waals surface area contributed by atoms with Crippen molar-refractivity contribution in [2.45, 2.75) is 18.4 Å². The lowest BCUT2D eigenvalue weighted by Gasteiger charge is -2.07. The van der Waals surface area contributed by atoms with Gasteiger partial charge < -0.3 is 5.43 Å². The van der Waals surface area contributed by atoms with Gasteiger partial charge in [-0.3, -0.25) is 5.84 Å². The van der Waals surface area contributed by atoms with Crippen LogP contribution in [0.1, 0.15) is 11.5 Å². The third kappa shape index (κ3) is 3.50. The molecule has 0 aliphatic rings. The number of nitrogens with one attached hydrogen (secondary N) is 2. The number of nitrogen functional groups attached to an aromatic ring is 1. The van der Waals surface area contributed by atoms with Gasteiger partial charge in [0, 0.05) is 11.9 Å². The maximum absolute atomic E-state index is 12.1. The van der Waals surface area contributed by atoms with Crippen LogP contribution in [-0.2, 0) is 16.6 Å². The van der Waals surface area contributed by atoms with Crippen molar-refractivity contribution in [3.8, 4) is 0 Å². The Morgan fingerprint density at radius 2 is 1.90 bits per heavy atom. The van der Waals surface area contributed by atoms with E-state index >= 15 is 0 Å². The molecule has 20 heavy (non-hydrogen) atoms. The van der Waals surface area contributed by atoms with Gasteiger partial charge in [-0.1, -0.05) is 0 Å². The number of aromatic nitrogens is 2. The molecule has 0 aliphatic carbocycles. The lowest BCUT2D eigenvalue weighted by atomic mass is 10.3. The number of hydrazine groups is 1. The highest BCUT2D eigenvalue weighted by molar-refractivity contribution is 7.89. The number of hydrogen-bond acceptors (Lipinski definition) is 6. The van der Waals surface area contributed by atoms with Gasteiger partial charge in [0.25, 0.3) is 0 Å². The molecule has 1 heterocycles. The van der Waals surface area contributed by atoms with Gasteiger partial charge in [-0.15, -0.1) is 0 Å². The largest absolute Gasteiger partial charge is 0.324 e. The molecule has 0 unspecified atom stereocenters. The van der Waals surface area contributed by atoms with Crippen LogP contribution in [0, 0.1) is 6.92 Å². The number of benzene rings is 1. The highest BCUT2D eigenvalue weighted by atomic mass is 32.2. The summed E-state index contributed by atoms with van der Waals surface area (Å²) in [5, 5.41) is 0. The summed E-state index contributed by atoms with van der Waals surface area (Å²) in [6.07, 6.45) is 1.59. The SMILES string of the molecule is Cc1nccc(CNS(=O)(=O)c2ccc(NN)cc2)n1. The van der Waals surface area contributed by atoms with Crippen molar-refractivity contribution in [1.29, 1.82) is 0 Å². The summed E-state index contributed by atoms with van der Waals surface area (Å²) in [6, 6.07) is 7.79. The number of nitrogens with two attached hydrogens (primary N) is 1. The fraction of sp³-hybridized carbons (Fsp3) is 0.167. The minimum absolute atomic E-state index is 0.114. The fourth-order valence-electron chi connectivity index (χ4n) is 1.59. The third-order valence-corrected chi connectivity index (χ3v) is 4.03. The Labute approximate surface area is 117 Å². The van der Waals surface area contributed by atoms with Gasteiger partial charge >= 0.3 is 0 Å². The van der Waals surface area contributed by atoms with E-state index in [0.717, 1.165) is 0 Å². The molecule has 2 aromatic rings. The molecule has 0 saturated heterocycles. The third-order valence-electron chi connectivity index (χ3n) is 2.61. The zero-order chi connectivity index (χ0) is 14.6. The minimum Gasteiger partial charge on any atom is -0.324 e. The first kappa shape index (κ1) is 14.4. The maximum Gasteiger partial charge on any atom is 0.240 e. The van der Waals surface area contributed by atoms with Gasteiger partial charge in [0.05, 0.1) is 17.1 Å². The van der Waals surface area contributed by atoms with Crippen LogP contribution in [0.5, 0.6) is 0 Å². The van der Waals surface area contributed by atoms with Gasteiger partial charge in [-0.05, 0) is 37.3 Å². The molecule has 0 saturated carbocycles. The van der Waals surface area contributed by atoms with Crippen molar-refractivity contribution >= 4 is 15.7 Å². The molecule has 1 aromatic carbocycles. The Kier molecular flexibility index (Phi) is 4.28. The number of hydrogen-bond donors (Lipinski definition) is 3. The molecule has 4 N–H and O–H groups in total. The molecule has 7 nitrogen and oxygen atoms in total. The van der Waals surface area contributed by atoms with E-state index in [-0.39, 0.29) is 11.4 Å². The van der Waals surface area contributed by atoms with E-state index in [2.05, 4.69) is 20.1 Å². The average molecular weight is 293 g/mol. The van der Waals surface area contributed by atoms with Crippen molar-refractivity contribution in [1.82, 2.24) is 14.7 Å². The molecular weight excluding hydrogens is 278 g/mol. The Balaban J connectivity index is 2.10. The average Bonchev–Trinajstić information content (AvgIpc) is 2.45. The maximum atomic E-state index is 12.1. The predicted molar refractivity (Wildman–Crippen MR) is 75.0 cm³/mol. The zero-order valence-electron chi connectivity index (χ0n) is 10.9. The second kappa shape index (κ2) is 5.95. The molecule has 0 bridgehead atoms. The summed E-state index contributed by atoms with van der Waals surface area (Å²) >= 11 is 0. The van der Waals surface area contributed by atoms with Gasteiger partial charge in [0.15, 0.2) is 0 Å². The summed E-state index contributed by atoms with van der Waals surface area (Å²) in [6.45, 7) is 1.86. The fourth-order valence-corrected chi connectivity index (χ4v) is 2.59. The molecule has 0 amide bonds. The van der Waals surface area contributed by atoms with Gasteiger partial charge in [-0.25, -0.2) is 23.1 Å². The molecule has 0 fully saturated rings. The van der Waals surface area contributed by atoms with Gasteiger partial charge in [0.2, 0.25) is 10.0 Å². The van der Waals surface area contributed by atoms with Gasteiger partial charge in [0.1, 0.15) is 5.82 Å². The predicted octanol–water partition coefficient (Wildman–Crippen LogP) is 0.549. The summed E-state index contributed by atoms with van der Waals surface area (Å²) in [4.78, 5) is 8.26. The monoisotopic (exact) mass is 293 g/mol. The van der Waals surface area contributed by atoms with Gasteiger partial charge in [-0.2, -0.15) is 0 Å². The van der Waals surface area contributed by atoms with E-state index in [4.69, 9.17) is 5.84 Å². The van der Waals surface area contributed by atoms with E-state index in [1.165, 1.54) is 12.1 Å². The van der Waals surface area contributed by atoms with Crippen LogP contribution in [0.3, 0.4) is 0 Å². The standard InChI is InChI=1S/C12H15N5O2S/c1-9-14-7-6-11(16-9)8-15-20(18,19)12-4-2-10(17-13)3-5-12/h2-7,15,17H,8,13H2,1H3. The van der Waals surface area contributed by atoms with Crippen molar-refractivity contribution in [3.05, 3.63) is 48.0 Å². The Morgan fingerprint density at radius 3 is 2.50 bits per heavy atom. The summed E-state index contributed by atoms with van der Waals surface area (Å²) in [7, 11) is -3.58. The topological polar surface area (TPSA) is 110 Å². The van der Waals surface area contributed by atoms with Crippen LogP contribution >= 0.6 is 0 Å². The van der Waals surface area contributed by atoms with Crippen molar-refractivity contribution < 1.29 is 8.42 Å². The van der Waals surface area contributed by atoms with Crippen LogP contribution in [-0.4, -0.2) is 18.4 Å². The van der Waals surface area contributed by atoms with Crippen LogP contribution in [0.15, 0.2) is 41.4 Å². The Morgan fingerprint density at radius 1 is 1.20 bits per heavy atom. The quantitative estimate of drug-likeness (QED) is 0.548. The number of rotatable bonds is 5. The molecule has 8 heteroatoms. The molecule has 0 aliphatic heterocycles. The van der Waals surface area contributed by atoms with Crippen molar-refractivity contribution in [3.63, 3.8) is 0 Å². The van der Waals surface area contributed by atoms with Crippen LogP contribution in [0.4, 0.5) is 5.69 Å². The Bertz CT molecular complexity index is 685. The second-order valence-electron chi connectivity index (χ2n) is 4.09. The normalized spacial score (nSPS) is 11.3. The molecule has 0 spiro atoms. The number of nitrogens with zero attached hydrogens (tertiary/aromatic N) is 2. The van der Waals surface area contributed by atoms with Crippen LogP contribution in [0.25, 0.3) is 0 Å². The highest BCUT2D eigenvalue weighted by Gasteiger charge is 2.13. The molecule has 0 radical (unpaired) electrons. The van der Waals surface area contributed by atoms with E-state index in [0.29, 0.717) is 17.2 Å². The molecule has 1 aromatic heterocycles. The zero-order valence-corrected chi connectivity index (χ0v) is 11.7. The Hall–Kier alpha value is -2.03. The molecule has 2 rings (SSSR count).